The number of hydrogen-bond acceptors (Lipinski definition) is 3. The Balaban J connectivity index is 1.53. The maximum Gasteiger partial charge on any atom is 0.235 e. The van der Waals surface area contributed by atoms with E-state index in [4.69, 9.17) is 4.74 Å². The van der Waals surface area contributed by atoms with Crippen LogP contribution in [-0.4, -0.2) is 23.2 Å². The number of ether oxygens (including phenoxy) is 1. The summed E-state index contributed by atoms with van der Waals surface area (Å²) in [6, 6.07) is 23.8. The number of H-pyrrole nitrogens is 1. The van der Waals surface area contributed by atoms with Gasteiger partial charge in [0, 0.05) is 6.07 Å². The monoisotopic (exact) mass is 385 g/mol. The summed E-state index contributed by atoms with van der Waals surface area (Å²) < 4.78 is 5.19. The van der Waals surface area contributed by atoms with E-state index in [9.17, 15) is 4.79 Å². The zero-order valence-corrected chi connectivity index (χ0v) is 16.7. The highest BCUT2D eigenvalue weighted by Gasteiger charge is 2.30. The van der Waals surface area contributed by atoms with Gasteiger partial charge in [0.1, 0.15) is 5.75 Å². The van der Waals surface area contributed by atoms with Gasteiger partial charge in [-0.15, -0.1) is 0 Å². The van der Waals surface area contributed by atoms with E-state index < -0.39 is 5.41 Å². The number of benzene rings is 3. The van der Waals surface area contributed by atoms with Gasteiger partial charge in [-0.2, -0.15) is 5.10 Å². The molecule has 1 aromatic heterocycles. The normalized spacial score (nSPS) is 11.4. The van der Waals surface area contributed by atoms with Gasteiger partial charge in [-0.1, -0.05) is 42.5 Å². The van der Waals surface area contributed by atoms with Crippen molar-refractivity contribution in [3.8, 4) is 17.0 Å². The Morgan fingerprint density at radius 2 is 1.69 bits per heavy atom. The number of nitrogens with zero attached hydrogens (tertiary/aromatic N) is 1. The van der Waals surface area contributed by atoms with Crippen LogP contribution in [0.25, 0.3) is 22.0 Å². The van der Waals surface area contributed by atoms with Gasteiger partial charge in [0.25, 0.3) is 0 Å². The molecule has 0 bridgehead atoms. The molecule has 0 fully saturated rings. The fourth-order valence-corrected chi connectivity index (χ4v) is 3.29. The third-order valence-corrected chi connectivity index (χ3v) is 5.26. The van der Waals surface area contributed by atoms with Gasteiger partial charge < -0.3 is 10.1 Å². The summed E-state index contributed by atoms with van der Waals surface area (Å²) in [6.07, 6.45) is 0. The molecule has 0 saturated carbocycles. The molecule has 0 aliphatic heterocycles. The minimum absolute atomic E-state index is 0.111. The third kappa shape index (κ3) is 3.72. The van der Waals surface area contributed by atoms with Crippen molar-refractivity contribution in [3.05, 3.63) is 78.4 Å². The minimum Gasteiger partial charge on any atom is -0.497 e. The molecule has 0 unspecified atom stereocenters. The van der Waals surface area contributed by atoms with Crippen LogP contribution in [-0.2, 0) is 10.2 Å². The minimum atomic E-state index is -0.705. The molecule has 0 aliphatic carbocycles. The van der Waals surface area contributed by atoms with Gasteiger partial charge in [-0.25, -0.2) is 0 Å². The van der Waals surface area contributed by atoms with E-state index in [1.807, 2.05) is 62.4 Å². The fraction of sp³-hybridized carbons (Fsp3) is 0.167. The van der Waals surface area contributed by atoms with Crippen LogP contribution in [0.5, 0.6) is 5.75 Å². The molecule has 1 amide bonds. The Labute approximate surface area is 169 Å². The maximum atomic E-state index is 13.0. The summed E-state index contributed by atoms with van der Waals surface area (Å²) in [7, 11) is 1.64. The van der Waals surface area contributed by atoms with Crippen molar-refractivity contribution in [3.63, 3.8) is 0 Å². The highest BCUT2D eigenvalue weighted by molar-refractivity contribution is 5.99. The molecule has 0 radical (unpaired) electrons. The molecule has 5 nitrogen and oxygen atoms in total. The molecule has 3 aromatic carbocycles. The molecule has 146 valence electrons. The molecule has 0 aliphatic rings. The van der Waals surface area contributed by atoms with Gasteiger partial charge in [0.2, 0.25) is 5.91 Å². The molecule has 2 N–H and O–H groups in total. The van der Waals surface area contributed by atoms with E-state index in [1.165, 1.54) is 0 Å². The lowest BCUT2D eigenvalue weighted by molar-refractivity contribution is -0.120. The van der Waals surface area contributed by atoms with E-state index in [1.54, 1.807) is 7.11 Å². The highest BCUT2D eigenvalue weighted by Crippen LogP contribution is 2.29. The number of carbonyl (C=O) groups is 1. The second-order valence-corrected chi connectivity index (χ2v) is 7.54. The molecule has 29 heavy (non-hydrogen) atoms. The topological polar surface area (TPSA) is 67.0 Å². The van der Waals surface area contributed by atoms with E-state index in [-0.39, 0.29) is 5.91 Å². The van der Waals surface area contributed by atoms with E-state index in [0.29, 0.717) is 5.82 Å². The lowest BCUT2D eigenvalue weighted by Gasteiger charge is -2.24. The molecule has 0 atom stereocenters. The van der Waals surface area contributed by atoms with Crippen molar-refractivity contribution in [2.75, 3.05) is 12.4 Å². The van der Waals surface area contributed by atoms with Crippen molar-refractivity contribution in [2.45, 2.75) is 19.3 Å². The number of fused-ring (bicyclic) bond motifs is 1. The Morgan fingerprint density at radius 3 is 2.41 bits per heavy atom. The van der Waals surface area contributed by atoms with Crippen LogP contribution >= 0.6 is 0 Å². The molecule has 5 heteroatoms. The number of anilines is 1. The Hall–Kier alpha value is -3.60. The lowest BCUT2D eigenvalue weighted by atomic mass is 9.82. The van der Waals surface area contributed by atoms with Crippen LogP contribution in [0.3, 0.4) is 0 Å². The average Bonchev–Trinajstić information content (AvgIpc) is 3.22. The summed E-state index contributed by atoms with van der Waals surface area (Å²) in [6.45, 7) is 3.84. The van der Waals surface area contributed by atoms with Crippen LogP contribution in [0.2, 0.25) is 0 Å². The third-order valence-electron chi connectivity index (χ3n) is 5.26. The van der Waals surface area contributed by atoms with Crippen molar-refractivity contribution in [1.82, 2.24) is 10.2 Å². The molecular formula is C24H23N3O2. The Bertz CT molecular complexity index is 1160. The molecular weight excluding hydrogens is 362 g/mol. The smallest absolute Gasteiger partial charge is 0.235 e. The summed E-state index contributed by atoms with van der Waals surface area (Å²) in [5, 5.41) is 12.4. The quantitative estimate of drug-likeness (QED) is 0.499. The Morgan fingerprint density at radius 1 is 0.966 bits per heavy atom. The lowest BCUT2D eigenvalue weighted by Crippen LogP contribution is -2.34. The summed E-state index contributed by atoms with van der Waals surface area (Å²) in [5.41, 5.74) is 2.04. The predicted octanol–water partition coefficient (Wildman–Crippen LogP) is 5.15. The second-order valence-electron chi connectivity index (χ2n) is 7.54. The number of aromatic nitrogens is 2. The highest BCUT2D eigenvalue weighted by atomic mass is 16.5. The number of amides is 1. The first kappa shape index (κ1) is 18.7. The molecule has 4 aromatic rings. The fourth-order valence-electron chi connectivity index (χ4n) is 3.29. The number of aromatic amines is 1. The second kappa shape index (κ2) is 7.43. The van der Waals surface area contributed by atoms with E-state index in [0.717, 1.165) is 33.3 Å². The van der Waals surface area contributed by atoms with Gasteiger partial charge in [-0.05, 0) is 60.0 Å². The first-order valence-corrected chi connectivity index (χ1v) is 9.48. The van der Waals surface area contributed by atoms with Crippen LogP contribution in [0.4, 0.5) is 5.82 Å². The number of nitrogens with one attached hydrogen (secondary N) is 2. The van der Waals surface area contributed by atoms with Gasteiger partial charge in [0.15, 0.2) is 5.82 Å². The summed E-state index contributed by atoms with van der Waals surface area (Å²) >= 11 is 0. The summed E-state index contributed by atoms with van der Waals surface area (Å²) in [4.78, 5) is 13.0. The van der Waals surface area contributed by atoms with Crippen LogP contribution in [0.15, 0.2) is 72.8 Å². The zero-order chi connectivity index (χ0) is 20.4. The van der Waals surface area contributed by atoms with Crippen molar-refractivity contribution in [2.24, 2.45) is 0 Å². The number of carbonyl (C=O) groups excluding carboxylic acids is 1. The van der Waals surface area contributed by atoms with Gasteiger partial charge in [0.05, 0.1) is 18.2 Å². The SMILES string of the molecule is COc1ccc(-c2cc(NC(=O)C(C)(C)c3ccc4ccccc4c3)n[nH]2)cc1. The van der Waals surface area contributed by atoms with Crippen LogP contribution < -0.4 is 10.1 Å². The van der Waals surface area contributed by atoms with E-state index in [2.05, 4.69) is 39.8 Å². The first-order chi connectivity index (χ1) is 14.0. The van der Waals surface area contributed by atoms with Crippen molar-refractivity contribution in [1.29, 1.82) is 0 Å². The average molecular weight is 385 g/mol. The van der Waals surface area contributed by atoms with Gasteiger partial charge >= 0.3 is 0 Å². The molecule has 1 heterocycles. The Kier molecular flexibility index (Phi) is 4.80. The number of hydrogen-bond donors (Lipinski definition) is 2. The number of rotatable bonds is 5. The van der Waals surface area contributed by atoms with Crippen LogP contribution in [0, 0.1) is 0 Å². The summed E-state index contributed by atoms with van der Waals surface area (Å²) in [5.74, 6) is 1.18. The standard InChI is InChI=1S/C24H23N3O2/c1-24(2,19-11-8-16-6-4-5-7-18(16)14-19)23(28)25-22-15-21(26-27-22)17-9-12-20(29-3)13-10-17/h4-15H,1-3H3,(H2,25,26,27,28). The largest absolute Gasteiger partial charge is 0.497 e. The van der Waals surface area contributed by atoms with Crippen molar-refractivity contribution < 1.29 is 9.53 Å². The molecule has 0 spiro atoms. The van der Waals surface area contributed by atoms with Crippen molar-refractivity contribution >= 4 is 22.5 Å². The van der Waals surface area contributed by atoms with E-state index >= 15 is 0 Å². The van der Waals surface area contributed by atoms with Gasteiger partial charge in [-0.3, -0.25) is 9.89 Å². The van der Waals surface area contributed by atoms with Crippen LogP contribution in [0.1, 0.15) is 19.4 Å². The first-order valence-electron chi connectivity index (χ1n) is 9.48. The predicted molar refractivity (Wildman–Crippen MR) is 116 cm³/mol. The molecule has 0 saturated heterocycles. The zero-order valence-electron chi connectivity index (χ0n) is 16.7. The molecule has 4 rings (SSSR count). The number of methoxy groups -OCH3 is 1. The maximum absolute atomic E-state index is 13.0.